The zero-order chi connectivity index (χ0) is 14.2. The van der Waals surface area contributed by atoms with E-state index in [9.17, 15) is 9.50 Å². The van der Waals surface area contributed by atoms with E-state index in [0.717, 1.165) is 16.9 Å². The summed E-state index contributed by atoms with van der Waals surface area (Å²) in [6.07, 6.45) is 5.79. The number of aromatic nitrogens is 3. The maximum absolute atomic E-state index is 12.9. The third-order valence-electron chi connectivity index (χ3n) is 3.41. The number of halogens is 1. The standard InChI is InChI=1S/C14H14FN3OS/c1-2-14(19,12-4-3-10(15)8-16-12)7-11-9-18-5-6-20-13(18)17-11/h3-6,8-9,19H,2,7H2,1H3. The maximum atomic E-state index is 12.9. The van der Waals surface area contributed by atoms with E-state index in [0.29, 0.717) is 18.5 Å². The van der Waals surface area contributed by atoms with Gasteiger partial charge in [0.1, 0.15) is 11.4 Å². The highest BCUT2D eigenvalue weighted by atomic mass is 32.1. The molecule has 0 aliphatic heterocycles. The Labute approximate surface area is 119 Å². The molecule has 0 radical (unpaired) electrons. The highest BCUT2D eigenvalue weighted by Gasteiger charge is 2.30. The lowest BCUT2D eigenvalue weighted by Crippen LogP contribution is -2.29. The molecule has 1 atom stereocenters. The van der Waals surface area contributed by atoms with E-state index in [-0.39, 0.29) is 0 Å². The molecule has 0 saturated carbocycles. The second-order valence-electron chi connectivity index (χ2n) is 4.75. The lowest BCUT2D eigenvalue weighted by molar-refractivity contribution is 0.0274. The summed E-state index contributed by atoms with van der Waals surface area (Å²) >= 11 is 1.54. The van der Waals surface area contributed by atoms with E-state index >= 15 is 0 Å². The van der Waals surface area contributed by atoms with Crippen molar-refractivity contribution in [2.24, 2.45) is 0 Å². The van der Waals surface area contributed by atoms with Gasteiger partial charge >= 0.3 is 0 Å². The number of hydrogen-bond donors (Lipinski definition) is 1. The highest BCUT2D eigenvalue weighted by Crippen LogP contribution is 2.28. The van der Waals surface area contributed by atoms with E-state index in [2.05, 4.69) is 9.97 Å². The van der Waals surface area contributed by atoms with Gasteiger partial charge in [-0.25, -0.2) is 9.37 Å². The Kier molecular flexibility index (Phi) is 3.27. The van der Waals surface area contributed by atoms with Crippen LogP contribution in [0, 0.1) is 5.82 Å². The molecule has 3 heterocycles. The molecule has 1 N–H and O–H groups in total. The van der Waals surface area contributed by atoms with Crippen LogP contribution in [0.3, 0.4) is 0 Å². The number of hydrogen-bond acceptors (Lipinski definition) is 4. The molecule has 3 aromatic heterocycles. The maximum Gasteiger partial charge on any atom is 0.193 e. The van der Waals surface area contributed by atoms with Crippen LogP contribution in [0.15, 0.2) is 36.1 Å². The molecule has 6 heteroatoms. The smallest absolute Gasteiger partial charge is 0.193 e. The molecule has 0 fully saturated rings. The topological polar surface area (TPSA) is 50.4 Å². The second kappa shape index (κ2) is 4.96. The van der Waals surface area contributed by atoms with Crippen LogP contribution in [0.1, 0.15) is 24.7 Å². The number of imidazole rings is 1. The molecule has 3 rings (SSSR count). The monoisotopic (exact) mass is 291 g/mol. The molecule has 0 aromatic carbocycles. The Balaban J connectivity index is 1.92. The molecule has 1 unspecified atom stereocenters. The van der Waals surface area contributed by atoms with Gasteiger partial charge in [0.2, 0.25) is 0 Å². The van der Waals surface area contributed by atoms with Crippen LogP contribution in [0.25, 0.3) is 4.96 Å². The van der Waals surface area contributed by atoms with Crippen molar-refractivity contribution >= 4 is 16.3 Å². The van der Waals surface area contributed by atoms with Gasteiger partial charge in [0.05, 0.1) is 17.6 Å². The van der Waals surface area contributed by atoms with Crippen molar-refractivity contribution in [3.05, 3.63) is 53.3 Å². The molecule has 0 bridgehead atoms. The second-order valence-corrected chi connectivity index (χ2v) is 5.62. The summed E-state index contributed by atoms with van der Waals surface area (Å²) in [6.45, 7) is 1.88. The van der Waals surface area contributed by atoms with Crippen molar-refractivity contribution in [2.45, 2.75) is 25.4 Å². The van der Waals surface area contributed by atoms with Gasteiger partial charge in [0.25, 0.3) is 0 Å². The van der Waals surface area contributed by atoms with Crippen molar-refractivity contribution in [1.82, 2.24) is 14.4 Å². The number of pyridine rings is 1. The minimum atomic E-state index is -1.13. The molecule has 3 aromatic rings. The van der Waals surface area contributed by atoms with Crippen LogP contribution >= 0.6 is 11.3 Å². The lowest BCUT2D eigenvalue weighted by atomic mass is 9.90. The molecule has 4 nitrogen and oxygen atoms in total. The first-order chi connectivity index (χ1) is 9.60. The summed E-state index contributed by atoms with van der Waals surface area (Å²) < 4.78 is 14.9. The van der Waals surface area contributed by atoms with Crippen molar-refractivity contribution in [3.63, 3.8) is 0 Å². The Bertz CT molecular complexity index is 693. The molecule has 0 amide bonds. The largest absolute Gasteiger partial charge is 0.383 e. The fraction of sp³-hybridized carbons (Fsp3) is 0.286. The summed E-state index contributed by atoms with van der Waals surface area (Å²) in [7, 11) is 0. The normalized spacial score (nSPS) is 14.6. The van der Waals surface area contributed by atoms with Crippen LogP contribution in [0.4, 0.5) is 4.39 Å². The quantitative estimate of drug-likeness (QED) is 0.804. The predicted molar refractivity (Wildman–Crippen MR) is 75.2 cm³/mol. The number of rotatable bonds is 4. The molecular formula is C14H14FN3OS. The van der Waals surface area contributed by atoms with E-state index in [4.69, 9.17) is 0 Å². The van der Waals surface area contributed by atoms with Crippen molar-refractivity contribution in [3.8, 4) is 0 Å². The first-order valence-corrected chi connectivity index (χ1v) is 7.24. The van der Waals surface area contributed by atoms with Gasteiger partial charge < -0.3 is 5.11 Å². The van der Waals surface area contributed by atoms with E-state index < -0.39 is 11.4 Å². The molecular weight excluding hydrogens is 277 g/mol. The Morgan fingerprint density at radius 1 is 1.45 bits per heavy atom. The summed E-state index contributed by atoms with van der Waals surface area (Å²) in [5.41, 5.74) is 0.141. The first-order valence-electron chi connectivity index (χ1n) is 6.36. The SMILES string of the molecule is CCC(O)(Cc1cn2ccsc2n1)c1ccc(F)cn1. The molecule has 0 aliphatic rings. The van der Waals surface area contributed by atoms with Gasteiger partial charge in [-0.05, 0) is 18.6 Å². The molecule has 20 heavy (non-hydrogen) atoms. The molecule has 0 saturated heterocycles. The summed E-state index contributed by atoms with van der Waals surface area (Å²) in [5, 5.41) is 12.7. The first kappa shape index (κ1) is 13.2. The molecule has 104 valence electrons. The summed E-state index contributed by atoms with van der Waals surface area (Å²) in [6, 6.07) is 2.84. The third-order valence-corrected chi connectivity index (χ3v) is 4.18. The van der Waals surface area contributed by atoms with E-state index in [1.807, 2.05) is 29.1 Å². The minimum Gasteiger partial charge on any atom is -0.383 e. The minimum absolute atomic E-state index is 0.358. The zero-order valence-corrected chi connectivity index (χ0v) is 11.8. The van der Waals surface area contributed by atoms with Crippen LogP contribution in [-0.2, 0) is 12.0 Å². The van der Waals surface area contributed by atoms with Gasteiger partial charge in [-0.1, -0.05) is 6.92 Å². The Hall–Kier alpha value is -1.79. The Morgan fingerprint density at radius 3 is 2.95 bits per heavy atom. The van der Waals surface area contributed by atoms with Crippen molar-refractivity contribution in [2.75, 3.05) is 0 Å². The van der Waals surface area contributed by atoms with Gasteiger partial charge in [-0.2, -0.15) is 0 Å². The van der Waals surface area contributed by atoms with Crippen LogP contribution in [0.5, 0.6) is 0 Å². The lowest BCUT2D eigenvalue weighted by Gasteiger charge is -2.25. The number of thiazole rings is 1. The molecule has 0 spiro atoms. The van der Waals surface area contributed by atoms with Gasteiger partial charge in [-0.15, -0.1) is 11.3 Å². The van der Waals surface area contributed by atoms with Crippen LogP contribution in [0.2, 0.25) is 0 Å². The van der Waals surface area contributed by atoms with Gasteiger partial charge in [0, 0.05) is 24.2 Å². The third kappa shape index (κ3) is 2.32. The van der Waals surface area contributed by atoms with Gasteiger partial charge in [0.15, 0.2) is 4.96 Å². The Morgan fingerprint density at radius 2 is 2.30 bits per heavy atom. The van der Waals surface area contributed by atoms with E-state index in [1.54, 1.807) is 11.3 Å². The van der Waals surface area contributed by atoms with Crippen LogP contribution in [-0.4, -0.2) is 19.5 Å². The number of fused-ring (bicyclic) bond motifs is 1. The predicted octanol–water partition coefficient (Wildman–Crippen LogP) is 2.77. The average Bonchev–Trinajstić information content (AvgIpc) is 3.00. The highest BCUT2D eigenvalue weighted by molar-refractivity contribution is 7.15. The van der Waals surface area contributed by atoms with E-state index in [1.165, 1.54) is 12.1 Å². The van der Waals surface area contributed by atoms with Crippen molar-refractivity contribution in [1.29, 1.82) is 0 Å². The fourth-order valence-electron chi connectivity index (χ4n) is 2.21. The van der Waals surface area contributed by atoms with Gasteiger partial charge in [-0.3, -0.25) is 9.38 Å². The van der Waals surface area contributed by atoms with Crippen LogP contribution < -0.4 is 0 Å². The summed E-state index contributed by atoms with van der Waals surface area (Å²) in [5.74, 6) is -0.408. The average molecular weight is 291 g/mol. The molecule has 0 aliphatic carbocycles. The zero-order valence-electron chi connectivity index (χ0n) is 11.0. The number of aliphatic hydroxyl groups is 1. The number of nitrogens with zero attached hydrogens (tertiary/aromatic N) is 3. The summed E-state index contributed by atoms with van der Waals surface area (Å²) in [4.78, 5) is 9.36. The fourth-order valence-corrected chi connectivity index (χ4v) is 2.93. The van der Waals surface area contributed by atoms with Crippen molar-refractivity contribution < 1.29 is 9.50 Å².